The summed E-state index contributed by atoms with van der Waals surface area (Å²) in [6.45, 7) is 7.17. The van der Waals surface area contributed by atoms with Gasteiger partial charge in [0.15, 0.2) is 11.5 Å². The maximum atomic E-state index is 13.7. The van der Waals surface area contributed by atoms with Crippen molar-refractivity contribution in [3.63, 3.8) is 0 Å². The van der Waals surface area contributed by atoms with Crippen LogP contribution in [-0.2, 0) is 19.4 Å². The molecule has 0 saturated carbocycles. The van der Waals surface area contributed by atoms with Crippen molar-refractivity contribution in [2.24, 2.45) is 16.3 Å². The predicted molar refractivity (Wildman–Crippen MR) is 182 cm³/mol. The van der Waals surface area contributed by atoms with Gasteiger partial charge in [-0.25, -0.2) is 4.99 Å². The molecule has 0 spiro atoms. The summed E-state index contributed by atoms with van der Waals surface area (Å²) in [6.07, 6.45) is 4.57. The van der Waals surface area contributed by atoms with Gasteiger partial charge in [0.2, 0.25) is 0 Å². The average molecular weight is 691 g/mol. The van der Waals surface area contributed by atoms with Crippen LogP contribution in [0.15, 0.2) is 70.1 Å². The number of carbonyl (C=O) groups excluding carboxylic acids is 1. The van der Waals surface area contributed by atoms with Crippen molar-refractivity contribution >= 4 is 61.7 Å². The number of hydrogen-bond donors (Lipinski definition) is 1. The molecule has 0 aliphatic heterocycles. The van der Waals surface area contributed by atoms with Gasteiger partial charge in [-0.15, -0.1) is 11.3 Å². The Kier molecular flexibility index (Phi) is 9.79. The van der Waals surface area contributed by atoms with Gasteiger partial charge in [0.25, 0.3) is 5.91 Å². The highest BCUT2D eigenvalue weighted by Gasteiger charge is 2.33. The number of amides is 1. The number of fused-ring (bicyclic) bond motifs is 1. The second-order valence-electron chi connectivity index (χ2n) is 11.8. The van der Waals surface area contributed by atoms with E-state index in [9.17, 15) is 4.79 Å². The summed E-state index contributed by atoms with van der Waals surface area (Å²) in [6, 6.07) is 20.3. The van der Waals surface area contributed by atoms with E-state index in [0.29, 0.717) is 55.3 Å². The smallest absolute Gasteiger partial charge is 0.259 e. The molecule has 1 aliphatic rings. The van der Waals surface area contributed by atoms with E-state index < -0.39 is 0 Å². The minimum Gasteiger partial charge on any atom is -0.493 e. The Morgan fingerprint density at radius 1 is 1.18 bits per heavy atom. The Morgan fingerprint density at radius 3 is 2.57 bits per heavy atom. The van der Waals surface area contributed by atoms with Crippen LogP contribution in [0.2, 0.25) is 5.02 Å². The predicted octanol–water partition coefficient (Wildman–Crippen LogP) is 9.78. The number of ether oxygens (including phenoxy) is 2. The third-order valence-electron chi connectivity index (χ3n) is 7.85. The second-order valence-corrected chi connectivity index (χ2v) is 14.2. The van der Waals surface area contributed by atoms with Gasteiger partial charge in [0.05, 0.1) is 28.8 Å². The quantitative estimate of drug-likeness (QED) is 0.187. The molecule has 9 heteroatoms. The molecule has 1 N–H and O–H groups in total. The molecule has 1 amide bonds. The topological polar surface area (TPSA) is 83.7 Å². The lowest BCUT2D eigenvalue weighted by Crippen LogP contribution is -2.27. The van der Waals surface area contributed by atoms with Crippen molar-refractivity contribution in [2.75, 3.05) is 12.4 Å². The fraction of sp³-hybridized carbons (Fsp3) is 0.286. The van der Waals surface area contributed by atoms with Crippen molar-refractivity contribution in [3.05, 3.63) is 103 Å². The highest BCUT2D eigenvalue weighted by atomic mass is 79.9. The number of methoxy groups -OCH3 is 1. The van der Waals surface area contributed by atoms with Gasteiger partial charge >= 0.3 is 0 Å². The summed E-state index contributed by atoms with van der Waals surface area (Å²) >= 11 is 11.3. The second kappa shape index (κ2) is 13.6. The Balaban J connectivity index is 1.43. The molecule has 6 nitrogen and oxygen atoms in total. The number of hydrogen-bond acceptors (Lipinski definition) is 6. The molecule has 4 aromatic rings. The number of nitrogens with zero attached hydrogens (tertiary/aromatic N) is 2. The molecule has 0 bridgehead atoms. The van der Waals surface area contributed by atoms with Gasteiger partial charge in [-0.3, -0.25) is 4.79 Å². The maximum absolute atomic E-state index is 13.7. The first-order valence-electron chi connectivity index (χ1n) is 14.3. The van der Waals surface area contributed by atoms with E-state index in [1.165, 1.54) is 4.88 Å². The Hall–Kier alpha value is -3.64. The number of benzene rings is 3. The molecule has 0 unspecified atom stereocenters. The van der Waals surface area contributed by atoms with E-state index in [4.69, 9.17) is 31.3 Å². The third-order valence-corrected chi connectivity index (χ3v) is 9.85. The van der Waals surface area contributed by atoms with Crippen LogP contribution in [0.5, 0.6) is 11.5 Å². The Labute approximate surface area is 275 Å². The highest BCUT2D eigenvalue weighted by molar-refractivity contribution is 9.10. The van der Waals surface area contributed by atoms with Crippen LogP contribution >= 0.6 is 38.9 Å². The molecule has 0 radical (unpaired) electrons. The van der Waals surface area contributed by atoms with Gasteiger partial charge in [-0.1, -0.05) is 44.5 Å². The van der Waals surface area contributed by atoms with E-state index in [1.807, 2.05) is 24.3 Å². The van der Waals surface area contributed by atoms with E-state index in [0.717, 1.165) is 36.0 Å². The molecule has 3 aromatic carbocycles. The molecular weight excluding hydrogens is 658 g/mol. The third kappa shape index (κ3) is 7.35. The summed E-state index contributed by atoms with van der Waals surface area (Å²) in [5.41, 5.74) is 4.93. The molecule has 44 heavy (non-hydrogen) atoms. The lowest BCUT2D eigenvalue weighted by Gasteiger charge is -2.33. The van der Waals surface area contributed by atoms with Gasteiger partial charge < -0.3 is 14.8 Å². The number of nitrogens with one attached hydrogen (secondary N) is 1. The molecule has 1 aliphatic carbocycles. The minimum atomic E-state index is -0.170. The maximum Gasteiger partial charge on any atom is 0.259 e. The van der Waals surface area contributed by atoms with E-state index in [2.05, 4.69) is 48.1 Å². The van der Waals surface area contributed by atoms with Crippen molar-refractivity contribution in [1.82, 2.24) is 0 Å². The Morgan fingerprint density at radius 2 is 1.91 bits per heavy atom. The highest BCUT2D eigenvalue weighted by Crippen LogP contribution is 2.45. The van der Waals surface area contributed by atoms with E-state index in [1.54, 1.807) is 61.1 Å². The lowest BCUT2D eigenvalue weighted by atomic mass is 9.72. The van der Waals surface area contributed by atoms with Crippen molar-refractivity contribution in [1.29, 1.82) is 5.26 Å². The van der Waals surface area contributed by atoms with Crippen molar-refractivity contribution in [3.8, 4) is 17.6 Å². The molecule has 1 aromatic heterocycles. The first-order chi connectivity index (χ1) is 21.0. The standard InChI is InChI=1S/C35H33BrClN3O3S/c1-35(2,3)24-9-14-27-30(17-24)44-34(31(27)33(41)40-26-12-10-25(37)11-13-26)39-19-23-15-28(36)32(29(16-23)42-4)43-20-22-7-5-21(18-38)6-8-22/h5-8,10-13,15-16,19,24H,9,14,17,20H2,1-4H3,(H,40,41)/t24-/m1/s1. The normalized spacial score (nSPS) is 14.6. The van der Waals surface area contributed by atoms with Crippen LogP contribution in [0.25, 0.3) is 0 Å². The summed E-state index contributed by atoms with van der Waals surface area (Å²) < 4.78 is 12.5. The average Bonchev–Trinajstić information content (AvgIpc) is 3.38. The molecular formula is C35H33BrClN3O3S. The molecule has 1 heterocycles. The Bertz CT molecular complexity index is 1740. The van der Waals surface area contributed by atoms with Gasteiger partial charge in [0, 0.05) is 21.8 Å². The number of anilines is 1. The monoisotopic (exact) mass is 689 g/mol. The molecule has 0 fully saturated rings. The van der Waals surface area contributed by atoms with Crippen LogP contribution in [0.3, 0.4) is 0 Å². The van der Waals surface area contributed by atoms with Crippen LogP contribution in [0.4, 0.5) is 10.7 Å². The fourth-order valence-corrected chi connectivity index (χ4v) is 7.25. The van der Waals surface area contributed by atoms with Crippen molar-refractivity contribution < 1.29 is 14.3 Å². The zero-order valence-corrected chi connectivity index (χ0v) is 28.2. The minimum absolute atomic E-state index is 0.170. The molecule has 0 saturated heterocycles. The van der Waals surface area contributed by atoms with Gasteiger partial charge in [-0.05, 0) is 112 Å². The summed E-state index contributed by atoms with van der Waals surface area (Å²) in [5, 5.41) is 13.4. The van der Waals surface area contributed by atoms with Gasteiger partial charge in [0.1, 0.15) is 11.6 Å². The fourth-order valence-electron chi connectivity index (χ4n) is 5.28. The molecule has 5 rings (SSSR count). The summed E-state index contributed by atoms with van der Waals surface area (Å²) in [4.78, 5) is 19.8. The molecule has 226 valence electrons. The SMILES string of the molecule is COc1cc(C=Nc2sc3c(c2C(=O)Nc2ccc(Cl)cc2)CC[C@@H](C(C)(C)C)C3)cc(Br)c1OCc1ccc(C#N)cc1. The first kappa shape index (κ1) is 31.8. The van der Waals surface area contributed by atoms with Crippen LogP contribution in [0.1, 0.15) is 64.7 Å². The number of carbonyl (C=O) groups is 1. The van der Waals surface area contributed by atoms with Crippen LogP contribution in [-0.4, -0.2) is 19.2 Å². The number of halogens is 2. The van der Waals surface area contributed by atoms with Crippen molar-refractivity contribution in [2.45, 2.75) is 46.6 Å². The van der Waals surface area contributed by atoms with E-state index in [-0.39, 0.29) is 11.3 Å². The van der Waals surface area contributed by atoms with Gasteiger partial charge in [-0.2, -0.15) is 5.26 Å². The first-order valence-corrected chi connectivity index (χ1v) is 16.3. The lowest BCUT2D eigenvalue weighted by molar-refractivity contribution is 0.102. The number of thiophene rings is 1. The zero-order chi connectivity index (χ0) is 31.4. The van der Waals surface area contributed by atoms with Crippen LogP contribution in [0, 0.1) is 22.7 Å². The molecule has 1 atom stereocenters. The summed E-state index contributed by atoms with van der Waals surface area (Å²) in [5.74, 6) is 1.48. The zero-order valence-electron chi connectivity index (χ0n) is 25.0. The number of aliphatic imine (C=N–C) groups is 1. The number of nitriles is 1. The largest absolute Gasteiger partial charge is 0.493 e. The summed E-state index contributed by atoms with van der Waals surface area (Å²) in [7, 11) is 1.59. The number of rotatable bonds is 8. The van der Waals surface area contributed by atoms with E-state index >= 15 is 0 Å². The van der Waals surface area contributed by atoms with Crippen LogP contribution < -0.4 is 14.8 Å².